The maximum atomic E-state index is 7.04. The molecule has 0 N–H and O–H groups in total. The van der Waals surface area contributed by atoms with Gasteiger partial charge in [-0.15, -0.1) is 0 Å². The minimum absolute atomic E-state index is 0.0436. The van der Waals surface area contributed by atoms with Crippen molar-refractivity contribution < 1.29 is 4.42 Å². The number of fused-ring (bicyclic) bond motifs is 9. The summed E-state index contributed by atoms with van der Waals surface area (Å²) in [6.45, 7) is 19.8. The van der Waals surface area contributed by atoms with Crippen molar-refractivity contribution in [3.05, 3.63) is 144 Å². The minimum atomic E-state index is -0.0908. The molecule has 276 valence electrons. The highest BCUT2D eigenvalue weighted by Crippen LogP contribution is 2.64. The van der Waals surface area contributed by atoms with E-state index in [1.807, 2.05) is 0 Å². The van der Waals surface area contributed by atoms with Crippen LogP contribution in [0.2, 0.25) is 0 Å². The van der Waals surface area contributed by atoms with Gasteiger partial charge < -0.3 is 4.42 Å². The van der Waals surface area contributed by atoms with Gasteiger partial charge in [0.15, 0.2) is 0 Å². The van der Waals surface area contributed by atoms with Gasteiger partial charge in [0.1, 0.15) is 17.0 Å². The topological polar surface area (TPSA) is 31.0 Å². The van der Waals surface area contributed by atoms with Crippen LogP contribution in [0.5, 0.6) is 0 Å². The first-order valence-electron chi connectivity index (χ1n) is 20.3. The van der Waals surface area contributed by atoms with E-state index in [2.05, 4.69) is 181 Å². The molecule has 0 atom stereocenters. The maximum Gasteiger partial charge on any atom is 0.149 e. The predicted octanol–water partition coefficient (Wildman–Crippen LogP) is 14.5. The molecule has 2 aliphatic carbocycles. The highest BCUT2D eigenvalue weighted by Gasteiger charge is 2.53. The lowest BCUT2D eigenvalue weighted by Crippen LogP contribution is -2.23. The van der Waals surface area contributed by atoms with E-state index in [0.29, 0.717) is 0 Å². The van der Waals surface area contributed by atoms with E-state index in [-0.39, 0.29) is 21.7 Å². The standard InChI is InChI=1S/C53H48N2O/c1-50(2)29-52(5,6)45-43(50)42(32-18-10-9-11-19-32)44-46(53(7,8)30-51(44,3)4)47(45)55-40-24-15-14-23-39(40)54-49(55)36-22-16-21-35-38-27-33-26-25-31-17-12-13-20-34(31)37(33)28-41(38)56-48(35)36/h9-28H,29-30H2,1-8H3. The zero-order valence-electron chi connectivity index (χ0n) is 33.8. The van der Waals surface area contributed by atoms with Crippen LogP contribution in [0.25, 0.3) is 82.7 Å². The summed E-state index contributed by atoms with van der Waals surface area (Å²) < 4.78 is 9.59. The quantitative estimate of drug-likeness (QED) is 0.170. The van der Waals surface area contributed by atoms with Gasteiger partial charge in [0.2, 0.25) is 0 Å². The molecule has 3 heteroatoms. The van der Waals surface area contributed by atoms with Crippen molar-refractivity contribution in [3.63, 3.8) is 0 Å². The van der Waals surface area contributed by atoms with Crippen LogP contribution < -0.4 is 0 Å². The van der Waals surface area contributed by atoms with Crippen molar-refractivity contribution in [1.82, 2.24) is 9.55 Å². The lowest BCUT2D eigenvalue weighted by atomic mass is 9.73. The third-order valence-corrected chi connectivity index (χ3v) is 13.4. The number of imidazole rings is 1. The van der Waals surface area contributed by atoms with Gasteiger partial charge in [-0.1, -0.05) is 146 Å². The molecule has 0 radical (unpaired) electrons. The first-order chi connectivity index (χ1) is 26.8. The summed E-state index contributed by atoms with van der Waals surface area (Å²) in [6.07, 6.45) is 2.13. The molecular formula is C53H48N2O. The molecule has 7 aromatic carbocycles. The van der Waals surface area contributed by atoms with Gasteiger partial charge in [-0.3, -0.25) is 4.57 Å². The van der Waals surface area contributed by atoms with Crippen LogP contribution in [0.15, 0.2) is 126 Å². The van der Waals surface area contributed by atoms with Crippen LogP contribution in [0, 0.1) is 0 Å². The predicted molar refractivity (Wildman–Crippen MR) is 236 cm³/mol. The van der Waals surface area contributed by atoms with E-state index < -0.39 is 0 Å². The van der Waals surface area contributed by atoms with E-state index in [9.17, 15) is 0 Å². The Labute approximate surface area is 329 Å². The number of aromatic nitrogens is 2. The fourth-order valence-electron chi connectivity index (χ4n) is 12.0. The number of hydrogen-bond donors (Lipinski definition) is 0. The Bertz CT molecular complexity index is 3080. The van der Waals surface area contributed by atoms with Crippen molar-refractivity contribution in [2.24, 2.45) is 0 Å². The van der Waals surface area contributed by atoms with Crippen molar-refractivity contribution in [3.8, 4) is 28.2 Å². The molecular weight excluding hydrogens is 681 g/mol. The van der Waals surface area contributed by atoms with Gasteiger partial charge in [0.25, 0.3) is 0 Å². The van der Waals surface area contributed by atoms with Gasteiger partial charge in [0, 0.05) is 10.8 Å². The van der Waals surface area contributed by atoms with Gasteiger partial charge in [-0.05, 0) is 120 Å². The lowest BCUT2D eigenvalue weighted by Gasteiger charge is -2.33. The molecule has 0 unspecified atom stereocenters. The lowest BCUT2D eigenvalue weighted by molar-refractivity contribution is 0.395. The molecule has 2 heterocycles. The second-order valence-corrected chi connectivity index (χ2v) is 19.4. The zero-order valence-corrected chi connectivity index (χ0v) is 33.8. The highest BCUT2D eigenvalue weighted by atomic mass is 16.3. The summed E-state index contributed by atoms with van der Waals surface area (Å²) >= 11 is 0. The fraction of sp³-hybridized carbons (Fsp3) is 0.264. The number of rotatable bonds is 3. The highest BCUT2D eigenvalue weighted by molar-refractivity contribution is 6.17. The number of nitrogens with zero attached hydrogens (tertiary/aromatic N) is 2. The summed E-state index contributed by atoms with van der Waals surface area (Å²) in [6, 6.07) is 44.3. The Kier molecular flexibility index (Phi) is 6.61. The average molecular weight is 729 g/mol. The molecule has 0 spiro atoms. The largest absolute Gasteiger partial charge is 0.455 e. The van der Waals surface area contributed by atoms with E-state index in [0.717, 1.165) is 57.2 Å². The van der Waals surface area contributed by atoms with Crippen LogP contribution in [0.1, 0.15) is 90.5 Å². The van der Waals surface area contributed by atoms with Crippen LogP contribution >= 0.6 is 0 Å². The second-order valence-electron chi connectivity index (χ2n) is 19.4. The van der Waals surface area contributed by atoms with E-state index in [1.54, 1.807) is 0 Å². The van der Waals surface area contributed by atoms with Gasteiger partial charge in [-0.25, -0.2) is 4.98 Å². The molecule has 56 heavy (non-hydrogen) atoms. The third-order valence-electron chi connectivity index (χ3n) is 13.4. The maximum absolute atomic E-state index is 7.04. The normalized spacial score (nSPS) is 17.7. The van der Waals surface area contributed by atoms with Crippen molar-refractivity contribution in [2.75, 3.05) is 0 Å². The SMILES string of the molecule is CC1(C)CC(C)(C)c2c(-n3c(-c4cccc5c4oc4cc6c(ccc7ccccc76)cc45)nc4ccccc43)c3c(c(-c4ccccc4)c21)C(C)(C)CC3(C)C. The number of para-hydroxylation sites is 3. The third kappa shape index (κ3) is 4.49. The monoisotopic (exact) mass is 728 g/mol. The molecule has 0 aliphatic heterocycles. The fourth-order valence-corrected chi connectivity index (χ4v) is 12.0. The zero-order chi connectivity index (χ0) is 38.5. The molecule has 9 aromatic rings. The molecule has 11 rings (SSSR count). The molecule has 2 aliphatic rings. The van der Waals surface area contributed by atoms with E-state index in [1.165, 1.54) is 60.6 Å². The molecule has 0 saturated heterocycles. The summed E-state index contributed by atoms with van der Waals surface area (Å²) in [5.41, 5.74) is 14.7. The van der Waals surface area contributed by atoms with Crippen LogP contribution in [0.3, 0.4) is 0 Å². The van der Waals surface area contributed by atoms with Gasteiger partial charge >= 0.3 is 0 Å². The number of furan rings is 1. The smallest absolute Gasteiger partial charge is 0.149 e. The Morgan fingerprint density at radius 1 is 0.518 bits per heavy atom. The number of hydrogen-bond acceptors (Lipinski definition) is 2. The number of benzene rings is 7. The van der Waals surface area contributed by atoms with Crippen LogP contribution in [-0.4, -0.2) is 9.55 Å². The van der Waals surface area contributed by atoms with Gasteiger partial charge in [-0.2, -0.15) is 0 Å². The first-order valence-corrected chi connectivity index (χ1v) is 20.3. The summed E-state index contributed by atoms with van der Waals surface area (Å²) in [5.74, 6) is 0.934. The molecule has 0 amide bonds. The van der Waals surface area contributed by atoms with Crippen molar-refractivity contribution >= 4 is 54.5 Å². The van der Waals surface area contributed by atoms with Gasteiger partial charge in [0.05, 0.1) is 22.3 Å². The molecule has 0 saturated carbocycles. The van der Waals surface area contributed by atoms with Crippen molar-refractivity contribution in [1.29, 1.82) is 0 Å². The average Bonchev–Trinajstić information content (AvgIpc) is 3.84. The second kappa shape index (κ2) is 11.0. The summed E-state index contributed by atoms with van der Waals surface area (Å²) in [4.78, 5) is 5.58. The van der Waals surface area contributed by atoms with E-state index >= 15 is 0 Å². The van der Waals surface area contributed by atoms with Crippen molar-refractivity contribution in [2.45, 2.75) is 89.9 Å². The Morgan fingerprint density at radius 3 is 1.86 bits per heavy atom. The Hall–Kier alpha value is -5.67. The molecule has 3 nitrogen and oxygen atoms in total. The van der Waals surface area contributed by atoms with Crippen LogP contribution in [-0.2, 0) is 21.7 Å². The molecule has 2 aromatic heterocycles. The summed E-state index contributed by atoms with van der Waals surface area (Å²) in [5, 5.41) is 7.15. The first kappa shape index (κ1) is 33.6. The summed E-state index contributed by atoms with van der Waals surface area (Å²) in [7, 11) is 0. The Balaban J connectivity index is 1.30. The molecule has 0 fully saturated rings. The molecule has 0 bridgehead atoms. The minimum Gasteiger partial charge on any atom is -0.455 e. The van der Waals surface area contributed by atoms with Crippen LogP contribution in [0.4, 0.5) is 0 Å². The Morgan fingerprint density at radius 2 is 1.12 bits per heavy atom. The van der Waals surface area contributed by atoms with E-state index in [4.69, 9.17) is 9.40 Å².